The van der Waals surface area contributed by atoms with Crippen LogP contribution in [0.2, 0.25) is 0 Å². The Morgan fingerprint density at radius 1 is 1.21 bits per heavy atom. The maximum absolute atomic E-state index is 12.7. The van der Waals surface area contributed by atoms with E-state index in [9.17, 15) is 4.79 Å². The Bertz CT molecular complexity index is 1280. The number of benzene rings is 2. The fourth-order valence-electron chi connectivity index (χ4n) is 3.01. The molecule has 0 bridgehead atoms. The Labute approximate surface area is 163 Å². The molecule has 1 unspecified atom stereocenters. The minimum Gasteiger partial charge on any atom is -0.497 e. The smallest absolute Gasteiger partial charge is 0.291 e. The monoisotopic (exact) mass is 393 g/mol. The van der Waals surface area contributed by atoms with Gasteiger partial charge in [-0.1, -0.05) is 35.6 Å². The molecule has 5 rings (SSSR count). The zero-order valence-electron chi connectivity index (χ0n) is 14.9. The summed E-state index contributed by atoms with van der Waals surface area (Å²) < 4.78 is 18.7. The lowest BCUT2D eigenvalue weighted by atomic mass is 10.2. The molecule has 0 saturated heterocycles. The molecule has 4 aromatic rings. The Morgan fingerprint density at radius 3 is 2.89 bits per heavy atom. The molecule has 0 fully saturated rings. The van der Waals surface area contributed by atoms with E-state index in [1.165, 1.54) is 15.9 Å². The topological polar surface area (TPSA) is 74.9 Å². The van der Waals surface area contributed by atoms with Crippen molar-refractivity contribution in [3.05, 3.63) is 74.8 Å². The van der Waals surface area contributed by atoms with Gasteiger partial charge in [0.05, 0.1) is 11.6 Å². The Morgan fingerprint density at radius 2 is 2.07 bits per heavy atom. The van der Waals surface area contributed by atoms with Crippen LogP contribution < -0.4 is 24.3 Å². The first-order valence-corrected chi connectivity index (χ1v) is 9.46. The third-order valence-corrected chi connectivity index (χ3v) is 5.35. The summed E-state index contributed by atoms with van der Waals surface area (Å²) in [5.41, 5.74) is 0.667. The number of hydrogen-bond donors (Lipinski definition) is 0. The molecule has 0 saturated carbocycles. The highest BCUT2D eigenvalue weighted by atomic mass is 32.1. The molecule has 28 heavy (non-hydrogen) atoms. The van der Waals surface area contributed by atoms with Crippen LogP contribution in [0.4, 0.5) is 0 Å². The maximum atomic E-state index is 12.7. The van der Waals surface area contributed by atoms with E-state index < -0.39 is 6.10 Å². The van der Waals surface area contributed by atoms with Gasteiger partial charge in [-0.05, 0) is 35.9 Å². The molecule has 0 spiro atoms. The average molecular weight is 393 g/mol. The number of rotatable bonds is 3. The summed E-state index contributed by atoms with van der Waals surface area (Å²) in [6.07, 6.45) is 1.36. The van der Waals surface area contributed by atoms with Gasteiger partial charge >= 0.3 is 0 Å². The highest BCUT2D eigenvalue weighted by molar-refractivity contribution is 7.15. The fourth-order valence-corrected chi connectivity index (χ4v) is 3.93. The van der Waals surface area contributed by atoms with Gasteiger partial charge in [0.1, 0.15) is 12.4 Å². The summed E-state index contributed by atoms with van der Waals surface area (Å²) in [5, 5.41) is 4.36. The summed E-state index contributed by atoms with van der Waals surface area (Å²) in [7, 11) is 1.61. The van der Waals surface area contributed by atoms with E-state index in [1.54, 1.807) is 7.11 Å². The van der Waals surface area contributed by atoms with Gasteiger partial charge in [-0.15, -0.1) is 5.10 Å². The predicted molar refractivity (Wildman–Crippen MR) is 104 cm³/mol. The molecule has 0 radical (unpaired) electrons. The number of aromatic nitrogens is 3. The molecule has 140 valence electrons. The lowest BCUT2D eigenvalue weighted by molar-refractivity contribution is 0.0852. The first kappa shape index (κ1) is 16.8. The molecule has 0 amide bonds. The Balaban J connectivity index is 1.49. The molecule has 0 aliphatic carbocycles. The number of methoxy groups -OCH3 is 1. The van der Waals surface area contributed by atoms with Gasteiger partial charge in [-0.25, -0.2) is 0 Å². The van der Waals surface area contributed by atoms with Crippen molar-refractivity contribution in [3.8, 4) is 17.2 Å². The van der Waals surface area contributed by atoms with Crippen molar-refractivity contribution < 1.29 is 14.2 Å². The molecule has 7 nitrogen and oxygen atoms in total. The van der Waals surface area contributed by atoms with Crippen LogP contribution in [0.5, 0.6) is 17.2 Å². The van der Waals surface area contributed by atoms with Crippen molar-refractivity contribution in [2.24, 2.45) is 0 Å². The standard InChI is InChI=1S/C20H15N3O4S/c1-25-13-6-4-5-12(9-13)10-17-19(24)23-20(28-17)21-18(22-23)16-11-26-14-7-2-3-8-15(14)27-16/h2-10,16H,11H2,1H3/b17-10+. The molecule has 0 N–H and O–H groups in total. The van der Waals surface area contributed by atoms with E-state index in [0.29, 0.717) is 33.4 Å². The fraction of sp³-hybridized carbons (Fsp3) is 0.150. The van der Waals surface area contributed by atoms with E-state index in [-0.39, 0.29) is 5.56 Å². The van der Waals surface area contributed by atoms with Gasteiger partial charge in [0, 0.05) is 0 Å². The molecular weight excluding hydrogens is 378 g/mol. The third kappa shape index (κ3) is 2.87. The van der Waals surface area contributed by atoms with Crippen LogP contribution in [0, 0.1) is 0 Å². The van der Waals surface area contributed by atoms with Crippen molar-refractivity contribution in [3.63, 3.8) is 0 Å². The lowest BCUT2D eigenvalue weighted by Gasteiger charge is -2.24. The van der Waals surface area contributed by atoms with E-state index in [4.69, 9.17) is 14.2 Å². The summed E-state index contributed by atoms with van der Waals surface area (Å²) in [6, 6.07) is 15.0. The number of ether oxygens (including phenoxy) is 3. The number of thiazole rings is 1. The van der Waals surface area contributed by atoms with E-state index in [2.05, 4.69) is 10.1 Å². The second-order valence-electron chi connectivity index (χ2n) is 6.22. The number of para-hydroxylation sites is 2. The zero-order valence-corrected chi connectivity index (χ0v) is 15.7. The van der Waals surface area contributed by atoms with Crippen LogP contribution >= 0.6 is 11.3 Å². The summed E-state index contributed by atoms with van der Waals surface area (Å²) in [6.45, 7) is 0.297. The molecule has 8 heteroatoms. The molecule has 1 aliphatic rings. The van der Waals surface area contributed by atoms with Gasteiger partial charge in [0.15, 0.2) is 23.4 Å². The van der Waals surface area contributed by atoms with Gasteiger partial charge < -0.3 is 14.2 Å². The van der Waals surface area contributed by atoms with Crippen molar-refractivity contribution in [1.82, 2.24) is 14.6 Å². The van der Waals surface area contributed by atoms with E-state index in [1.807, 2.05) is 54.6 Å². The van der Waals surface area contributed by atoms with Crippen LogP contribution in [0.3, 0.4) is 0 Å². The van der Waals surface area contributed by atoms with Crippen molar-refractivity contribution in [2.75, 3.05) is 13.7 Å². The highest BCUT2D eigenvalue weighted by Gasteiger charge is 2.27. The molecule has 3 heterocycles. The quantitative estimate of drug-likeness (QED) is 0.531. The molecule has 1 aliphatic heterocycles. The molecular formula is C20H15N3O4S. The van der Waals surface area contributed by atoms with E-state index in [0.717, 1.165) is 11.3 Å². The minimum atomic E-state index is -0.452. The van der Waals surface area contributed by atoms with Crippen LogP contribution in [0.15, 0.2) is 53.3 Å². The lowest BCUT2D eigenvalue weighted by Crippen LogP contribution is -2.26. The molecule has 2 aromatic carbocycles. The van der Waals surface area contributed by atoms with Crippen LogP contribution in [-0.4, -0.2) is 28.3 Å². The third-order valence-electron chi connectivity index (χ3n) is 4.39. The molecule has 1 atom stereocenters. The van der Waals surface area contributed by atoms with Gasteiger partial charge in [-0.2, -0.15) is 9.50 Å². The van der Waals surface area contributed by atoms with Gasteiger partial charge in [-0.3, -0.25) is 4.79 Å². The minimum absolute atomic E-state index is 0.210. The van der Waals surface area contributed by atoms with Crippen LogP contribution in [0.25, 0.3) is 11.0 Å². The zero-order chi connectivity index (χ0) is 19.1. The molecule has 2 aromatic heterocycles. The van der Waals surface area contributed by atoms with E-state index >= 15 is 0 Å². The number of nitrogens with zero attached hydrogens (tertiary/aromatic N) is 3. The number of fused-ring (bicyclic) bond motifs is 2. The predicted octanol–water partition coefficient (Wildman–Crippen LogP) is 2.22. The second-order valence-corrected chi connectivity index (χ2v) is 7.23. The Hall–Kier alpha value is -3.39. The van der Waals surface area contributed by atoms with Crippen molar-refractivity contribution >= 4 is 22.4 Å². The average Bonchev–Trinajstić information content (AvgIpc) is 3.27. The van der Waals surface area contributed by atoms with Gasteiger partial charge in [0.25, 0.3) is 5.56 Å². The van der Waals surface area contributed by atoms with Crippen LogP contribution in [0.1, 0.15) is 17.5 Å². The first-order valence-electron chi connectivity index (χ1n) is 8.65. The van der Waals surface area contributed by atoms with Crippen molar-refractivity contribution in [1.29, 1.82) is 0 Å². The van der Waals surface area contributed by atoms with Gasteiger partial charge in [0.2, 0.25) is 4.96 Å². The van der Waals surface area contributed by atoms with Crippen molar-refractivity contribution in [2.45, 2.75) is 6.10 Å². The highest BCUT2D eigenvalue weighted by Crippen LogP contribution is 2.35. The first-order chi connectivity index (χ1) is 13.7. The second kappa shape index (κ2) is 6.65. The SMILES string of the molecule is COc1cccc(/C=c2/sc3nc(C4COc5ccccc5O4)nn3c2=O)c1. The Kier molecular flexibility index (Phi) is 3.98. The summed E-state index contributed by atoms with van der Waals surface area (Å²) in [5.74, 6) is 2.51. The normalized spacial score (nSPS) is 16.5. The van der Waals surface area contributed by atoms with Crippen LogP contribution in [-0.2, 0) is 0 Å². The maximum Gasteiger partial charge on any atom is 0.291 e. The number of hydrogen-bond acceptors (Lipinski definition) is 7. The summed E-state index contributed by atoms with van der Waals surface area (Å²) >= 11 is 1.29. The largest absolute Gasteiger partial charge is 0.497 e. The summed E-state index contributed by atoms with van der Waals surface area (Å²) in [4.78, 5) is 17.7.